The van der Waals surface area contributed by atoms with Crippen molar-refractivity contribution in [2.45, 2.75) is 20.8 Å². The lowest BCUT2D eigenvalue weighted by atomic mass is 10.2. The Morgan fingerprint density at radius 2 is 1.85 bits per heavy atom. The Kier molecular flexibility index (Phi) is 5.65. The number of carbonyl (C=O) groups excluding carboxylic acids is 1. The molecule has 1 amide bonds. The minimum absolute atomic E-state index is 0.0235. The molecule has 0 bridgehead atoms. The first-order valence-corrected chi connectivity index (χ1v) is 9.18. The quantitative estimate of drug-likeness (QED) is 0.818. The van der Waals surface area contributed by atoms with E-state index >= 15 is 0 Å². The average molecular weight is 354 g/mol. The van der Waals surface area contributed by atoms with E-state index < -0.39 is 0 Å². The van der Waals surface area contributed by atoms with Crippen molar-refractivity contribution in [2.24, 2.45) is 0 Å². The van der Waals surface area contributed by atoms with Gasteiger partial charge in [0.1, 0.15) is 23.2 Å². The monoisotopic (exact) mass is 354 g/mol. The van der Waals surface area contributed by atoms with Gasteiger partial charge in [0.05, 0.1) is 0 Å². The highest BCUT2D eigenvalue weighted by atomic mass is 16.2. The van der Waals surface area contributed by atoms with Crippen LogP contribution in [0.25, 0.3) is 0 Å². The van der Waals surface area contributed by atoms with Gasteiger partial charge in [-0.15, -0.1) is 0 Å². The zero-order valence-corrected chi connectivity index (χ0v) is 15.7. The Bertz CT molecular complexity index is 739. The highest BCUT2D eigenvalue weighted by Gasteiger charge is 2.24. The normalized spacial score (nSPS) is 14.4. The molecule has 0 saturated carbocycles. The Morgan fingerprint density at radius 3 is 2.46 bits per heavy atom. The molecular weight excluding hydrogens is 328 g/mol. The highest BCUT2D eigenvalue weighted by Crippen LogP contribution is 2.17. The first-order chi connectivity index (χ1) is 12.6. The summed E-state index contributed by atoms with van der Waals surface area (Å²) in [5, 5.41) is 0. The Morgan fingerprint density at radius 1 is 1.12 bits per heavy atom. The molecule has 138 valence electrons. The molecule has 7 nitrogen and oxygen atoms in total. The van der Waals surface area contributed by atoms with Crippen LogP contribution in [0, 0.1) is 6.92 Å². The molecule has 0 unspecified atom stereocenters. The van der Waals surface area contributed by atoms with E-state index in [-0.39, 0.29) is 5.91 Å². The van der Waals surface area contributed by atoms with Gasteiger partial charge in [-0.25, -0.2) is 15.0 Å². The molecule has 0 N–H and O–H groups in total. The first kappa shape index (κ1) is 18.1. The molecule has 1 saturated heterocycles. The summed E-state index contributed by atoms with van der Waals surface area (Å²) >= 11 is 0. The smallest absolute Gasteiger partial charge is 0.272 e. The second kappa shape index (κ2) is 8.12. The maximum Gasteiger partial charge on any atom is 0.272 e. The third kappa shape index (κ3) is 3.92. The van der Waals surface area contributed by atoms with Crippen molar-refractivity contribution in [1.82, 2.24) is 19.9 Å². The Labute approximate surface area is 154 Å². The molecule has 1 aliphatic heterocycles. The van der Waals surface area contributed by atoms with Crippen LogP contribution in [0.1, 0.15) is 30.2 Å². The van der Waals surface area contributed by atoms with Gasteiger partial charge in [-0.1, -0.05) is 6.07 Å². The average Bonchev–Trinajstić information content (AvgIpc) is 2.69. The van der Waals surface area contributed by atoms with E-state index in [4.69, 9.17) is 0 Å². The van der Waals surface area contributed by atoms with Crippen molar-refractivity contribution in [3.05, 3.63) is 42.0 Å². The third-order valence-corrected chi connectivity index (χ3v) is 4.67. The molecule has 2 aromatic rings. The van der Waals surface area contributed by atoms with Crippen LogP contribution in [0.5, 0.6) is 0 Å². The van der Waals surface area contributed by atoms with Crippen LogP contribution in [0.4, 0.5) is 11.6 Å². The van der Waals surface area contributed by atoms with Gasteiger partial charge in [0.2, 0.25) is 0 Å². The second-order valence-electron chi connectivity index (χ2n) is 6.30. The summed E-state index contributed by atoms with van der Waals surface area (Å²) in [6.45, 7) is 10.6. The summed E-state index contributed by atoms with van der Waals surface area (Å²) in [5.74, 6) is 2.38. The van der Waals surface area contributed by atoms with E-state index in [1.165, 1.54) is 0 Å². The van der Waals surface area contributed by atoms with Crippen molar-refractivity contribution in [1.29, 1.82) is 0 Å². The number of piperazine rings is 1. The van der Waals surface area contributed by atoms with Crippen molar-refractivity contribution in [3.63, 3.8) is 0 Å². The summed E-state index contributed by atoms with van der Waals surface area (Å²) in [4.78, 5) is 32.4. The van der Waals surface area contributed by atoms with E-state index in [9.17, 15) is 4.79 Å². The van der Waals surface area contributed by atoms with E-state index in [0.717, 1.165) is 37.8 Å². The predicted octanol–water partition coefficient (Wildman–Crippen LogP) is 1.99. The number of aryl methyl sites for hydroxylation is 1. The highest BCUT2D eigenvalue weighted by molar-refractivity contribution is 5.93. The summed E-state index contributed by atoms with van der Waals surface area (Å²) in [7, 11) is 0. The van der Waals surface area contributed by atoms with E-state index in [0.29, 0.717) is 24.6 Å². The number of aromatic nitrogens is 3. The molecule has 0 spiro atoms. The second-order valence-corrected chi connectivity index (χ2v) is 6.30. The topological polar surface area (TPSA) is 65.5 Å². The summed E-state index contributed by atoms with van der Waals surface area (Å²) in [5.41, 5.74) is 0.477. The van der Waals surface area contributed by atoms with Gasteiger partial charge in [-0.3, -0.25) is 4.79 Å². The molecule has 7 heteroatoms. The van der Waals surface area contributed by atoms with Crippen LogP contribution in [0.15, 0.2) is 30.5 Å². The van der Waals surface area contributed by atoms with Gasteiger partial charge in [0.15, 0.2) is 0 Å². The fourth-order valence-electron chi connectivity index (χ4n) is 3.21. The summed E-state index contributed by atoms with van der Waals surface area (Å²) in [6.07, 6.45) is 1.80. The van der Waals surface area contributed by atoms with Crippen LogP contribution in [0.2, 0.25) is 0 Å². The minimum atomic E-state index is -0.0235. The van der Waals surface area contributed by atoms with Crippen LogP contribution in [0.3, 0.4) is 0 Å². The largest absolute Gasteiger partial charge is 0.357 e. The molecule has 0 aromatic carbocycles. The maximum absolute atomic E-state index is 12.9. The molecule has 0 aliphatic carbocycles. The lowest BCUT2D eigenvalue weighted by molar-refractivity contribution is 0.0740. The predicted molar refractivity (Wildman–Crippen MR) is 103 cm³/mol. The maximum atomic E-state index is 12.9. The van der Waals surface area contributed by atoms with Crippen LogP contribution in [-0.4, -0.2) is 65.0 Å². The number of hydrogen-bond acceptors (Lipinski definition) is 6. The SMILES string of the molecule is CCN(CC)c1cc(C(=O)N2CCN(c3ccccn3)CC2)nc(C)n1. The Balaban J connectivity index is 1.70. The zero-order chi connectivity index (χ0) is 18.5. The van der Waals surface area contributed by atoms with Gasteiger partial charge >= 0.3 is 0 Å². The van der Waals surface area contributed by atoms with Gasteiger partial charge in [-0.2, -0.15) is 0 Å². The Hall–Kier alpha value is -2.70. The standard InChI is InChI=1S/C19H26N6O/c1-4-23(5-2)18-14-16(21-15(3)22-18)19(26)25-12-10-24(11-13-25)17-8-6-7-9-20-17/h6-9,14H,4-5,10-13H2,1-3H3. The number of rotatable bonds is 5. The summed E-state index contributed by atoms with van der Waals surface area (Å²) in [6, 6.07) is 7.71. The van der Waals surface area contributed by atoms with Crippen molar-refractivity contribution in [3.8, 4) is 0 Å². The number of pyridine rings is 1. The zero-order valence-electron chi connectivity index (χ0n) is 15.7. The van der Waals surface area contributed by atoms with Crippen LogP contribution >= 0.6 is 0 Å². The number of amides is 1. The lowest BCUT2D eigenvalue weighted by Crippen LogP contribution is -2.49. The molecule has 3 heterocycles. The van der Waals surface area contributed by atoms with E-state index in [1.54, 1.807) is 6.20 Å². The number of hydrogen-bond donors (Lipinski definition) is 0. The number of nitrogens with zero attached hydrogens (tertiary/aromatic N) is 6. The van der Waals surface area contributed by atoms with Gasteiger partial charge in [0, 0.05) is 51.5 Å². The van der Waals surface area contributed by atoms with Gasteiger partial charge < -0.3 is 14.7 Å². The van der Waals surface area contributed by atoms with Crippen LogP contribution < -0.4 is 9.80 Å². The third-order valence-electron chi connectivity index (χ3n) is 4.67. The fraction of sp³-hybridized carbons (Fsp3) is 0.474. The summed E-state index contributed by atoms with van der Waals surface area (Å²) < 4.78 is 0. The molecule has 3 rings (SSSR count). The first-order valence-electron chi connectivity index (χ1n) is 9.18. The molecular formula is C19H26N6O. The van der Waals surface area contributed by atoms with Gasteiger partial charge in [-0.05, 0) is 32.9 Å². The van der Waals surface area contributed by atoms with Crippen molar-refractivity contribution < 1.29 is 4.79 Å². The molecule has 1 aliphatic rings. The number of carbonyl (C=O) groups is 1. The molecule has 2 aromatic heterocycles. The minimum Gasteiger partial charge on any atom is -0.357 e. The lowest BCUT2D eigenvalue weighted by Gasteiger charge is -2.35. The van der Waals surface area contributed by atoms with Crippen LogP contribution in [-0.2, 0) is 0 Å². The molecule has 0 atom stereocenters. The van der Waals surface area contributed by atoms with Gasteiger partial charge in [0.25, 0.3) is 5.91 Å². The van der Waals surface area contributed by atoms with Crippen molar-refractivity contribution in [2.75, 3.05) is 49.1 Å². The molecule has 26 heavy (non-hydrogen) atoms. The van der Waals surface area contributed by atoms with E-state index in [2.05, 4.69) is 38.6 Å². The van der Waals surface area contributed by atoms with E-state index in [1.807, 2.05) is 36.1 Å². The molecule has 1 fully saturated rings. The number of anilines is 2. The molecule has 0 radical (unpaired) electrons. The van der Waals surface area contributed by atoms with Crippen molar-refractivity contribution >= 4 is 17.5 Å². The fourth-order valence-corrected chi connectivity index (χ4v) is 3.21.